The predicted octanol–water partition coefficient (Wildman–Crippen LogP) is -0.251. The van der Waals surface area contributed by atoms with Crippen LogP contribution in [0, 0.1) is 11.8 Å². The van der Waals surface area contributed by atoms with Gasteiger partial charge in [-0.1, -0.05) is 12.8 Å². The molecule has 0 spiro atoms. The zero-order valence-corrected chi connectivity index (χ0v) is 12.8. The van der Waals surface area contributed by atoms with Gasteiger partial charge in [0.1, 0.15) is 9.84 Å². The molecule has 6 nitrogen and oxygen atoms in total. The smallest absolute Gasteiger partial charge is 0.212 e. The molecule has 0 bridgehead atoms. The monoisotopic (exact) mass is 313 g/mol. The highest BCUT2D eigenvalue weighted by Gasteiger charge is 2.26. The first-order valence-corrected chi connectivity index (χ1v) is 10.2. The highest BCUT2D eigenvalue weighted by atomic mass is 32.2. The van der Waals surface area contributed by atoms with Crippen molar-refractivity contribution in [2.75, 3.05) is 30.9 Å². The van der Waals surface area contributed by atoms with Crippen LogP contribution >= 0.6 is 0 Å². The van der Waals surface area contributed by atoms with Crippen molar-refractivity contribution in [3.8, 4) is 0 Å². The Hall–Kier alpha value is -0.180. The van der Waals surface area contributed by atoms with Crippen LogP contribution in [0.1, 0.15) is 25.7 Å². The van der Waals surface area contributed by atoms with E-state index in [2.05, 4.69) is 4.72 Å². The number of nitrogens with one attached hydrogen (secondary N) is 1. The fraction of sp³-hybridized carbons (Fsp3) is 1.00. The van der Waals surface area contributed by atoms with Gasteiger partial charge in [0.15, 0.2) is 0 Å². The lowest BCUT2D eigenvalue weighted by Gasteiger charge is -2.30. The van der Waals surface area contributed by atoms with Crippen molar-refractivity contribution in [2.24, 2.45) is 11.8 Å². The van der Waals surface area contributed by atoms with Gasteiger partial charge in [0.05, 0.1) is 11.5 Å². The molecule has 8 heteroatoms. The average molecular weight is 313 g/mol. The molecule has 1 aliphatic carbocycles. The second kappa shape index (κ2) is 7.01. The number of sulfone groups is 1. The molecule has 0 saturated heterocycles. The van der Waals surface area contributed by atoms with Crippen LogP contribution < -0.4 is 4.72 Å². The Morgan fingerprint density at radius 1 is 1.05 bits per heavy atom. The third kappa shape index (κ3) is 6.69. The predicted molar refractivity (Wildman–Crippen MR) is 74.0 cm³/mol. The molecular weight excluding hydrogens is 290 g/mol. The van der Waals surface area contributed by atoms with Crippen LogP contribution in [0.25, 0.3) is 0 Å². The van der Waals surface area contributed by atoms with Crippen LogP contribution in [0.2, 0.25) is 0 Å². The van der Waals surface area contributed by atoms with Gasteiger partial charge in [0.25, 0.3) is 0 Å². The van der Waals surface area contributed by atoms with Crippen LogP contribution in [0.15, 0.2) is 0 Å². The fourth-order valence-corrected chi connectivity index (χ4v) is 5.06. The maximum atomic E-state index is 11.7. The third-order valence-corrected chi connectivity index (χ3v) is 6.14. The van der Waals surface area contributed by atoms with Crippen molar-refractivity contribution in [1.82, 2.24) is 4.72 Å². The Balaban J connectivity index is 2.45. The van der Waals surface area contributed by atoms with E-state index in [0.717, 1.165) is 31.9 Å². The SMILES string of the molecule is CS(=O)(=O)CCS(=O)(=O)NCC1CCCCC1CO. The van der Waals surface area contributed by atoms with Crippen LogP contribution in [0.3, 0.4) is 0 Å². The van der Waals surface area contributed by atoms with Crippen molar-refractivity contribution in [1.29, 1.82) is 0 Å². The summed E-state index contributed by atoms with van der Waals surface area (Å²) in [6, 6.07) is 0. The van der Waals surface area contributed by atoms with Gasteiger partial charge in [0.2, 0.25) is 10.0 Å². The summed E-state index contributed by atoms with van der Waals surface area (Å²) in [7, 11) is -6.83. The van der Waals surface area contributed by atoms with E-state index in [9.17, 15) is 21.9 Å². The van der Waals surface area contributed by atoms with E-state index >= 15 is 0 Å². The van der Waals surface area contributed by atoms with E-state index in [1.54, 1.807) is 0 Å². The summed E-state index contributed by atoms with van der Waals surface area (Å²) >= 11 is 0. The van der Waals surface area contributed by atoms with E-state index < -0.39 is 25.6 Å². The summed E-state index contributed by atoms with van der Waals surface area (Å²) in [6.07, 6.45) is 4.96. The molecule has 19 heavy (non-hydrogen) atoms. The van der Waals surface area contributed by atoms with Gasteiger partial charge >= 0.3 is 0 Å². The van der Waals surface area contributed by atoms with Crippen LogP contribution in [0.4, 0.5) is 0 Å². The van der Waals surface area contributed by atoms with Crippen molar-refractivity contribution in [3.63, 3.8) is 0 Å². The first-order valence-electron chi connectivity index (χ1n) is 6.49. The molecule has 1 fully saturated rings. The lowest BCUT2D eigenvalue weighted by Crippen LogP contribution is -2.37. The maximum Gasteiger partial charge on any atom is 0.212 e. The van der Waals surface area contributed by atoms with Gasteiger partial charge in [-0.05, 0) is 24.7 Å². The molecule has 2 N–H and O–H groups in total. The molecular formula is C11H23NO5S2. The highest BCUT2D eigenvalue weighted by Crippen LogP contribution is 2.29. The van der Waals surface area contributed by atoms with Crippen molar-refractivity contribution >= 4 is 19.9 Å². The topological polar surface area (TPSA) is 101 Å². The quantitative estimate of drug-likeness (QED) is 0.675. The Morgan fingerprint density at radius 2 is 1.63 bits per heavy atom. The van der Waals surface area contributed by atoms with Crippen molar-refractivity contribution < 1.29 is 21.9 Å². The van der Waals surface area contributed by atoms with Gasteiger partial charge in [-0.25, -0.2) is 21.6 Å². The standard InChI is InChI=1S/C11H23NO5S2/c1-18(14,15)6-7-19(16,17)12-8-10-4-2-3-5-11(10)9-13/h10-13H,2-9H2,1H3. The molecule has 0 aromatic heterocycles. The molecule has 2 atom stereocenters. The van der Waals surface area contributed by atoms with E-state index in [1.807, 2.05) is 0 Å². The summed E-state index contributed by atoms with van der Waals surface area (Å²) in [4.78, 5) is 0. The minimum atomic E-state index is -3.56. The summed E-state index contributed by atoms with van der Waals surface area (Å²) in [5.74, 6) is -0.475. The summed E-state index contributed by atoms with van der Waals surface area (Å²) < 4.78 is 47.7. The van der Waals surface area contributed by atoms with Crippen LogP contribution in [0.5, 0.6) is 0 Å². The first kappa shape index (κ1) is 16.9. The number of rotatable bonds is 7. The van der Waals surface area contributed by atoms with Gasteiger partial charge in [-0.3, -0.25) is 0 Å². The molecule has 0 aromatic carbocycles. The number of hydrogen-bond donors (Lipinski definition) is 2. The number of aliphatic hydroxyl groups is 1. The maximum absolute atomic E-state index is 11.7. The van der Waals surface area contributed by atoms with Gasteiger partial charge in [-0.2, -0.15) is 0 Å². The number of sulfonamides is 1. The summed E-state index contributed by atoms with van der Waals surface area (Å²) in [5.41, 5.74) is 0. The van der Waals surface area contributed by atoms with E-state index in [-0.39, 0.29) is 30.7 Å². The van der Waals surface area contributed by atoms with Gasteiger partial charge < -0.3 is 5.11 Å². The Bertz CT molecular complexity index is 471. The first-order chi connectivity index (χ1) is 8.73. The van der Waals surface area contributed by atoms with Gasteiger partial charge in [-0.15, -0.1) is 0 Å². The van der Waals surface area contributed by atoms with Crippen molar-refractivity contribution in [2.45, 2.75) is 25.7 Å². The Labute approximate surface area is 115 Å². The zero-order chi connectivity index (χ0) is 14.5. The summed E-state index contributed by atoms with van der Waals surface area (Å²) in [5, 5.41) is 9.24. The summed E-state index contributed by atoms with van der Waals surface area (Å²) in [6.45, 7) is 0.368. The largest absolute Gasteiger partial charge is 0.396 e. The van der Waals surface area contributed by atoms with E-state index in [4.69, 9.17) is 0 Å². The minimum Gasteiger partial charge on any atom is -0.396 e. The Morgan fingerprint density at radius 3 is 2.16 bits per heavy atom. The van der Waals surface area contributed by atoms with Crippen LogP contribution in [-0.2, 0) is 19.9 Å². The lowest BCUT2D eigenvalue weighted by atomic mass is 9.80. The molecule has 1 saturated carbocycles. The molecule has 0 heterocycles. The van der Waals surface area contributed by atoms with Crippen molar-refractivity contribution in [3.05, 3.63) is 0 Å². The average Bonchev–Trinajstić information content (AvgIpc) is 2.34. The fourth-order valence-electron chi connectivity index (χ4n) is 2.36. The molecule has 2 unspecified atom stereocenters. The van der Waals surface area contributed by atoms with Gasteiger partial charge in [0, 0.05) is 19.4 Å². The normalized spacial score (nSPS) is 25.4. The molecule has 1 rings (SSSR count). The third-order valence-electron chi connectivity index (χ3n) is 3.59. The molecule has 0 amide bonds. The molecule has 114 valence electrons. The number of aliphatic hydroxyl groups excluding tert-OH is 1. The Kier molecular flexibility index (Phi) is 6.22. The minimum absolute atomic E-state index is 0.0791. The molecule has 1 aliphatic rings. The van der Waals surface area contributed by atoms with E-state index in [1.165, 1.54) is 0 Å². The highest BCUT2D eigenvalue weighted by molar-refractivity contribution is 7.93. The molecule has 0 radical (unpaired) electrons. The molecule has 0 aliphatic heterocycles. The lowest BCUT2D eigenvalue weighted by molar-refractivity contribution is 0.136. The van der Waals surface area contributed by atoms with E-state index in [0.29, 0.717) is 0 Å². The zero-order valence-electron chi connectivity index (χ0n) is 11.2. The number of hydrogen-bond acceptors (Lipinski definition) is 5. The van der Waals surface area contributed by atoms with Crippen LogP contribution in [-0.4, -0.2) is 52.9 Å². The second-order valence-corrected chi connectivity index (χ2v) is 9.47. The molecule has 0 aromatic rings. The second-order valence-electron chi connectivity index (χ2n) is 5.28.